The molecular weight excluding hydrogens is 430 g/mol. The van der Waals surface area contributed by atoms with Gasteiger partial charge in [0.05, 0.1) is 11.0 Å². The fraction of sp³-hybridized carbons (Fsp3) is 0.417. The molecule has 21 heavy (non-hydrogen) atoms. The van der Waals surface area contributed by atoms with Gasteiger partial charge in [-0.05, 0) is 34.1 Å². The highest BCUT2D eigenvalue weighted by Crippen LogP contribution is 2.32. The Morgan fingerprint density at radius 2 is 2.10 bits per heavy atom. The van der Waals surface area contributed by atoms with E-state index in [1.54, 1.807) is 12.1 Å². The molecule has 1 heterocycles. The maximum absolute atomic E-state index is 12.7. The van der Waals surface area contributed by atoms with Gasteiger partial charge in [-0.1, -0.05) is 15.9 Å². The second-order valence-corrected chi connectivity index (χ2v) is 8.23. The number of carboxylic acids is 1. The lowest BCUT2D eigenvalue weighted by atomic mass is 10.2. The van der Waals surface area contributed by atoms with Gasteiger partial charge in [0, 0.05) is 29.0 Å². The van der Waals surface area contributed by atoms with Crippen LogP contribution in [0.25, 0.3) is 0 Å². The summed E-state index contributed by atoms with van der Waals surface area (Å²) in [7, 11) is -2.48. The van der Waals surface area contributed by atoms with E-state index in [-0.39, 0.29) is 17.9 Å². The number of carbonyl (C=O) groups is 1. The number of aliphatic carboxylic acids is 1. The Labute approximate surface area is 139 Å². The normalized spacial score (nSPS) is 23.4. The van der Waals surface area contributed by atoms with E-state index in [0.717, 1.165) is 8.78 Å². The zero-order valence-electron chi connectivity index (χ0n) is 11.0. The van der Waals surface area contributed by atoms with E-state index in [1.165, 1.54) is 13.2 Å². The highest BCUT2D eigenvalue weighted by Gasteiger charge is 2.44. The van der Waals surface area contributed by atoms with Gasteiger partial charge in [0.1, 0.15) is 6.04 Å². The SMILES string of the molecule is COC1CC(C(=O)O)N(S(=O)(=O)c2ccc(Br)cc2Br)C1. The second-order valence-electron chi connectivity index (χ2n) is 4.60. The maximum atomic E-state index is 12.7. The molecule has 2 atom stereocenters. The third-order valence-electron chi connectivity index (χ3n) is 3.32. The van der Waals surface area contributed by atoms with E-state index in [4.69, 9.17) is 4.74 Å². The first-order valence-corrected chi connectivity index (χ1v) is 9.02. The summed E-state index contributed by atoms with van der Waals surface area (Å²) in [6, 6.07) is 3.52. The molecule has 1 aliphatic heterocycles. The Bertz CT molecular complexity index is 664. The van der Waals surface area contributed by atoms with Crippen LogP contribution in [-0.2, 0) is 19.6 Å². The van der Waals surface area contributed by atoms with Crippen molar-refractivity contribution in [1.82, 2.24) is 4.31 Å². The van der Waals surface area contributed by atoms with Crippen molar-refractivity contribution in [3.63, 3.8) is 0 Å². The van der Waals surface area contributed by atoms with Crippen molar-refractivity contribution >= 4 is 47.9 Å². The molecule has 1 aromatic rings. The lowest BCUT2D eigenvalue weighted by Crippen LogP contribution is -2.40. The minimum absolute atomic E-state index is 0.0261. The number of rotatable bonds is 4. The van der Waals surface area contributed by atoms with Gasteiger partial charge < -0.3 is 9.84 Å². The second kappa shape index (κ2) is 6.33. The molecule has 0 saturated carbocycles. The topological polar surface area (TPSA) is 83.9 Å². The van der Waals surface area contributed by atoms with Crippen LogP contribution in [0.3, 0.4) is 0 Å². The molecule has 1 aromatic carbocycles. The van der Waals surface area contributed by atoms with Gasteiger partial charge in [-0.2, -0.15) is 4.31 Å². The van der Waals surface area contributed by atoms with Crippen LogP contribution in [0.4, 0.5) is 0 Å². The molecule has 2 rings (SSSR count). The van der Waals surface area contributed by atoms with Crippen LogP contribution in [0.5, 0.6) is 0 Å². The number of hydrogen-bond donors (Lipinski definition) is 1. The molecule has 0 spiro atoms. The first kappa shape index (κ1) is 16.9. The van der Waals surface area contributed by atoms with Gasteiger partial charge >= 0.3 is 5.97 Å². The Kier molecular flexibility index (Phi) is 5.09. The molecule has 0 bridgehead atoms. The molecule has 0 aromatic heterocycles. The molecular formula is C12H13Br2NO5S. The van der Waals surface area contributed by atoms with Crippen molar-refractivity contribution in [3.05, 3.63) is 27.1 Å². The highest BCUT2D eigenvalue weighted by atomic mass is 79.9. The summed E-state index contributed by atoms with van der Waals surface area (Å²) in [6.07, 6.45) is -0.283. The van der Waals surface area contributed by atoms with Crippen molar-refractivity contribution in [1.29, 1.82) is 0 Å². The number of nitrogens with zero attached hydrogens (tertiary/aromatic N) is 1. The van der Waals surface area contributed by atoms with Crippen LogP contribution >= 0.6 is 31.9 Å². The Balaban J connectivity index is 2.44. The average Bonchev–Trinajstić information content (AvgIpc) is 2.83. The number of halogens is 2. The number of hydrogen-bond acceptors (Lipinski definition) is 4. The number of methoxy groups -OCH3 is 1. The summed E-state index contributed by atoms with van der Waals surface area (Å²) in [5.41, 5.74) is 0. The minimum Gasteiger partial charge on any atom is -0.480 e. The predicted octanol–water partition coefficient (Wildman–Crippen LogP) is 2.07. The average molecular weight is 443 g/mol. The lowest BCUT2D eigenvalue weighted by Gasteiger charge is -2.21. The zero-order chi connectivity index (χ0) is 15.8. The maximum Gasteiger partial charge on any atom is 0.322 e. The summed E-state index contributed by atoms with van der Waals surface area (Å²) in [4.78, 5) is 11.3. The van der Waals surface area contributed by atoms with Crippen molar-refractivity contribution in [2.75, 3.05) is 13.7 Å². The lowest BCUT2D eigenvalue weighted by molar-refractivity contribution is -0.140. The number of benzene rings is 1. The van der Waals surface area contributed by atoms with E-state index < -0.39 is 28.1 Å². The van der Waals surface area contributed by atoms with E-state index in [9.17, 15) is 18.3 Å². The molecule has 0 radical (unpaired) electrons. The zero-order valence-corrected chi connectivity index (χ0v) is 15.0. The molecule has 1 aliphatic rings. The Hall–Kier alpha value is -0.480. The quantitative estimate of drug-likeness (QED) is 0.771. The van der Waals surface area contributed by atoms with Crippen LogP contribution in [0, 0.1) is 0 Å². The highest BCUT2D eigenvalue weighted by molar-refractivity contribution is 9.11. The molecule has 116 valence electrons. The third-order valence-corrected chi connectivity index (χ3v) is 6.66. The Morgan fingerprint density at radius 3 is 2.62 bits per heavy atom. The molecule has 0 amide bonds. The summed E-state index contributed by atoms with van der Waals surface area (Å²) >= 11 is 6.45. The van der Waals surface area contributed by atoms with Gasteiger partial charge in [-0.25, -0.2) is 8.42 Å². The molecule has 9 heteroatoms. The first-order valence-electron chi connectivity index (χ1n) is 6.00. The Morgan fingerprint density at radius 1 is 1.43 bits per heavy atom. The van der Waals surface area contributed by atoms with E-state index in [0.29, 0.717) is 4.47 Å². The van der Waals surface area contributed by atoms with Gasteiger partial charge in [0.25, 0.3) is 0 Å². The molecule has 0 aliphatic carbocycles. The van der Waals surface area contributed by atoms with Gasteiger partial charge in [0.15, 0.2) is 0 Å². The number of ether oxygens (including phenoxy) is 1. The molecule has 2 unspecified atom stereocenters. The summed E-state index contributed by atoms with van der Waals surface area (Å²) in [6.45, 7) is 0.0261. The van der Waals surface area contributed by atoms with Crippen LogP contribution in [0.1, 0.15) is 6.42 Å². The van der Waals surface area contributed by atoms with Crippen LogP contribution < -0.4 is 0 Å². The molecule has 1 fully saturated rings. The first-order chi connectivity index (χ1) is 9.77. The van der Waals surface area contributed by atoms with Crippen molar-refractivity contribution < 1.29 is 23.1 Å². The summed E-state index contributed by atoms with van der Waals surface area (Å²) < 4.78 is 32.6. The fourth-order valence-electron chi connectivity index (χ4n) is 2.24. The summed E-state index contributed by atoms with van der Waals surface area (Å²) in [5, 5.41) is 9.24. The van der Waals surface area contributed by atoms with Crippen molar-refractivity contribution in [3.8, 4) is 0 Å². The molecule has 1 saturated heterocycles. The van der Waals surface area contributed by atoms with Gasteiger partial charge in [-0.15, -0.1) is 0 Å². The van der Waals surface area contributed by atoms with Crippen LogP contribution in [-0.4, -0.2) is 49.6 Å². The standard InChI is InChI=1S/C12H13Br2NO5S/c1-20-8-5-10(12(16)17)15(6-8)21(18,19)11-3-2-7(13)4-9(11)14/h2-4,8,10H,5-6H2,1H3,(H,16,17). The monoisotopic (exact) mass is 441 g/mol. The summed E-state index contributed by atoms with van der Waals surface area (Å²) in [5.74, 6) is -1.17. The molecule has 6 nitrogen and oxygen atoms in total. The smallest absolute Gasteiger partial charge is 0.322 e. The number of carboxylic acid groups (broad SMARTS) is 1. The largest absolute Gasteiger partial charge is 0.480 e. The fourth-order valence-corrected chi connectivity index (χ4v) is 5.57. The van der Waals surface area contributed by atoms with Crippen molar-refractivity contribution in [2.45, 2.75) is 23.5 Å². The van der Waals surface area contributed by atoms with E-state index >= 15 is 0 Å². The van der Waals surface area contributed by atoms with Crippen molar-refractivity contribution in [2.24, 2.45) is 0 Å². The minimum atomic E-state index is -3.92. The van der Waals surface area contributed by atoms with E-state index in [2.05, 4.69) is 31.9 Å². The number of sulfonamides is 1. The van der Waals surface area contributed by atoms with Gasteiger partial charge in [0.2, 0.25) is 10.0 Å². The van der Waals surface area contributed by atoms with Crippen LogP contribution in [0.15, 0.2) is 32.0 Å². The predicted molar refractivity (Wildman–Crippen MR) is 82.6 cm³/mol. The van der Waals surface area contributed by atoms with E-state index in [1.807, 2.05) is 0 Å². The van der Waals surface area contributed by atoms with Gasteiger partial charge in [-0.3, -0.25) is 4.79 Å². The molecule has 1 N–H and O–H groups in total. The third kappa shape index (κ3) is 3.31. The van der Waals surface area contributed by atoms with Crippen LogP contribution in [0.2, 0.25) is 0 Å².